The van der Waals surface area contributed by atoms with Gasteiger partial charge in [-0.05, 0) is 54.0 Å². The molecule has 0 bridgehead atoms. The lowest BCUT2D eigenvalue weighted by atomic mass is 10.1. The molecule has 1 heterocycles. The SMILES string of the molecule is COc1ccc(NC(=O)C(C)Cn2nc(C)c(Br)c2C)cc1. The summed E-state index contributed by atoms with van der Waals surface area (Å²) in [6.45, 7) is 6.36. The Hall–Kier alpha value is -1.82. The summed E-state index contributed by atoms with van der Waals surface area (Å²) in [6.07, 6.45) is 0. The topological polar surface area (TPSA) is 56.1 Å². The average Bonchev–Trinajstić information content (AvgIpc) is 2.75. The van der Waals surface area contributed by atoms with Crippen LogP contribution in [0, 0.1) is 19.8 Å². The van der Waals surface area contributed by atoms with Crippen LogP contribution in [0.15, 0.2) is 28.7 Å². The summed E-state index contributed by atoms with van der Waals surface area (Å²) < 4.78 is 7.95. The Morgan fingerprint density at radius 2 is 2.00 bits per heavy atom. The van der Waals surface area contributed by atoms with Crippen molar-refractivity contribution in [3.05, 3.63) is 40.1 Å². The Labute approximate surface area is 138 Å². The number of methoxy groups -OCH3 is 1. The van der Waals surface area contributed by atoms with Gasteiger partial charge in [0, 0.05) is 11.4 Å². The number of anilines is 1. The fraction of sp³-hybridized carbons (Fsp3) is 0.375. The van der Waals surface area contributed by atoms with Gasteiger partial charge in [-0.1, -0.05) is 6.92 Å². The van der Waals surface area contributed by atoms with Gasteiger partial charge in [0.15, 0.2) is 0 Å². The molecule has 2 aromatic rings. The van der Waals surface area contributed by atoms with Crippen molar-refractivity contribution in [1.82, 2.24) is 9.78 Å². The predicted molar refractivity (Wildman–Crippen MR) is 90.2 cm³/mol. The normalized spacial score (nSPS) is 12.0. The molecule has 22 heavy (non-hydrogen) atoms. The maximum atomic E-state index is 12.3. The summed E-state index contributed by atoms with van der Waals surface area (Å²) in [7, 11) is 1.61. The summed E-state index contributed by atoms with van der Waals surface area (Å²) >= 11 is 3.50. The highest BCUT2D eigenvalue weighted by molar-refractivity contribution is 9.10. The van der Waals surface area contributed by atoms with Crippen LogP contribution in [0.4, 0.5) is 5.69 Å². The quantitative estimate of drug-likeness (QED) is 0.881. The molecule has 0 aliphatic heterocycles. The molecule has 0 spiro atoms. The minimum Gasteiger partial charge on any atom is -0.497 e. The molecule has 0 aliphatic carbocycles. The van der Waals surface area contributed by atoms with E-state index in [2.05, 4.69) is 26.3 Å². The molecule has 0 saturated carbocycles. The smallest absolute Gasteiger partial charge is 0.229 e. The first kappa shape index (κ1) is 16.5. The van der Waals surface area contributed by atoms with Crippen LogP contribution >= 0.6 is 15.9 Å². The largest absolute Gasteiger partial charge is 0.497 e. The molecule has 118 valence electrons. The van der Waals surface area contributed by atoms with Gasteiger partial charge in [-0.25, -0.2) is 0 Å². The maximum absolute atomic E-state index is 12.3. The van der Waals surface area contributed by atoms with E-state index in [0.29, 0.717) is 6.54 Å². The van der Waals surface area contributed by atoms with E-state index in [1.807, 2.05) is 49.7 Å². The Bertz CT molecular complexity index is 665. The third-order valence-corrected chi connectivity index (χ3v) is 4.69. The molecular weight excluding hydrogens is 346 g/mol. The molecule has 1 unspecified atom stereocenters. The zero-order valence-electron chi connectivity index (χ0n) is 13.2. The van der Waals surface area contributed by atoms with Gasteiger partial charge in [0.1, 0.15) is 5.75 Å². The van der Waals surface area contributed by atoms with Gasteiger partial charge >= 0.3 is 0 Å². The summed E-state index contributed by atoms with van der Waals surface area (Å²) in [4.78, 5) is 12.3. The zero-order chi connectivity index (χ0) is 16.3. The van der Waals surface area contributed by atoms with Gasteiger partial charge in [0.25, 0.3) is 0 Å². The van der Waals surface area contributed by atoms with Crippen molar-refractivity contribution in [2.24, 2.45) is 5.92 Å². The Kier molecular flexibility index (Phi) is 5.24. The van der Waals surface area contributed by atoms with Gasteiger partial charge in [-0.3, -0.25) is 9.48 Å². The number of aryl methyl sites for hydroxylation is 1. The van der Waals surface area contributed by atoms with Crippen molar-refractivity contribution >= 4 is 27.5 Å². The fourth-order valence-electron chi connectivity index (χ4n) is 2.13. The zero-order valence-corrected chi connectivity index (χ0v) is 14.8. The van der Waals surface area contributed by atoms with E-state index < -0.39 is 0 Å². The molecule has 1 aromatic heterocycles. The Balaban J connectivity index is 2.00. The van der Waals surface area contributed by atoms with Crippen LogP contribution < -0.4 is 10.1 Å². The second-order valence-corrected chi connectivity index (χ2v) is 6.08. The van der Waals surface area contributed by atoms with E-state index in [1.54, 1.807) is 7.11 Å². The molecule has 1 atom stereocenters. The third kappa shape index (κ3) is 3.68. The second kappa shape index (κ2) is 6.96. The number of carbonyl (C=O) groups is 1. The lowest BCUT2D eigenvalue weighted by Gasteiger charge is -2.13. The predicted octanol–water partition coefficient (Wildman–Crippen LogP) is 3.55. The third-order valence-electron chi connectivity index (χ3n) is 3.55. The van der Waals surface area contributed by atoms with Gasteiger partial charge < -0.3 is 10.1 Å². The first-order valence-corrected chi connectivity index (χ1v) is 7.86. The Morgan fingerprint density at radius 3 is 2.50 bits per heavy atom. The lowest BCUT2D eigenvalue weighted by Crippen LogP contribution is -2.25. The van der Waals surface area contributed by atoms with E-state index >= 15 is 0 Å². The number of ether oxygens (including phenoxy) is 1. The van der Waals surface area contributed by atoms with Crippen LogP contribution in [0.2, 0.25) is 0 Å². The first-order chi connectivity index (χ1) is 10.4. The van der Waals surface area contributed by atoms with E-state index in [9.17, 15) is 4.79 Å². The summed E-state index contributed by atoms with van der Waals surface area (Å²) in [5, 5.41) is 7.34. The number of aromatic nitrogens is 2. The van der Waals surface area contributed by atoms with Crippen molar-refractivity contribution in [2.75, 3.05) is 12.4 Å². The van der Waals surface area contributed by atoms with Crippen molar-refractivity contribution in [3.8, 4) is 5.75 Å². The monoisotopic (exact) mass is 365 g/mol. The van der Waals surface area contributed by atoms with Crippen molar-refractivity contribution in [3.63, 3.8) is 0 Å². The molecule has 0 fully saturated rings. The number of hydrogen-bond donors (Lipinski definition) is 1. The first-order valence-electron chi connectivity index (χ1n) is 7.06. The number of rotatable bonds is 5. The second-order valence-electron chi connectivity index (χ2n) is 5.29. The average molecular weight is 366 g/mol. The highest BCUT2D eigenvalue weighted by Crippen LogP contribution is 2.21. The molecule has 0 radical (unpaired) electrons. The van der Waals surface area contributed by atoms with Crippen molar-refractivity contribution in [1.29, 1.82) is 0 Å². The van der Waals surface area contributed by atoms with Crippen LogP contribution in [-0.2, 0) is 11.3 Å². The number of nitrogens with one attached hydrogen (secondary N) is 1. The maximum Gasteiger partial charge on any atom is 0.229 e. The van der Waals surface area contributed by atoms with Gasteiger partial charge in [-0.2, -0.15) is 5.10 Å². The summed E-state index contributed by atoms with van der Waals surface area (Å²) in [5.74, 6) is 0.541. The minimum absolute atomic E-state index is 0.0335. The molecular formula is C16H20BrN3O2. The van der Waals surface area contributed by atoms with Crippen LogP contribution in [-0.4, -0.2) is 22.8 Å². The molecule has 5 nitrogen and oxygen atoms in total. The van der Waals surface area contributed by atoms with Gasteiger partial charge in [-0.15, -0.1) is 0 Å². The van der Waals surface area contributed by atoms with Crippen LogP contribution in [0.25, 0.3) is 0 Å². The summed E-state index contributed by atoms with van der Waals surface area (Å²) in [6, 6.07) is 7.28. The van der Waals surface area contributed by atoms with E-state index in [0.717, 1.165) is 27.3 Å². The molecule has 1 aromatic carbocycles. The number of carbonyl (C=O) groups excluding carboxylic acids is 1. The number of benzene rings is 1. The van der Waals surface area contributed by atoms with Crippen molar-refractivity contribution in [2.45, 2.75) is 27.3 Å². The molecule has 1 amide bonds. The number of nitrogens with zero attached hydrogens (tertiary/aromatic N) is 2. The number of hydrogen-bond acceptors (Lipinski definition) is 3. The van der Waals surface area contributed by atoms with E-state index in [1.165, 1.54) is 0 Å². The summed E-state index contributed by atoms with van der Waals surface area (Å²) in [5.41, 5.74) is 2.72. The van der Waals surface area contributed by atoms with Gasteiger partial charge in [0.05, 0.1) is 29.7 Å². The minimum atomic E-state index is -0.188. The standard InChI is InChI=1S/C16H20BrN3O2/c1-10(9-20-12(3)15(17)11(2)19-20)16(21)18-13-5-7-14(22-4)8-6-13/h5-8,10H,9H2,1-4H3,(H,18,21). The van der Waals surface area contributed by atoms with Crippen LogP contribution in [0.5, 0.6) is 5.75 Å². The number of amides is 1. The molecule has 6 heteroatoms. The van der Waals surface area contributed by atoms with E-state index in [-0.39, 0.29) is 11.8 Å². The highest BCUT2D eigenvalue weighted by Gasteiger charge is 2.17. The Morgan fingerprint density at radius 1 is 1.36 bits per heavy atom. The number of halogens is 1. The van der Waals surface area contributed by atoms with Crippen molar-refractivity contribution < 1.29 is 9.53 Å². The molecule has 1 N–H and O–H groups in total. The lowest BCUT2D eigenvalue weighted by molar-refractivity contribution is -0.119. The van der Waals surface area contributed by atoms with Crippen LogP contribution in [0.3, 0.4) is 0 Å². The molecule has 0 aliphatic rings. The molecule has 0 saturated heterocycles. The van der Waals surface area contributed by atoms with Crippen LogP contribution in [0.1, 0.15) is 18.3 Å². The molecule has 2 rings (SSSR count). The highest BCUT2D eigenvalue weighted by atomic mass is 79.9. The van der Waals surface area contributed by atoms with Gasteiger partial charge in [0.2, 0.25) is 5.91 Å². The van der Waals surface area contributed by atoms with E-state index in [4.69, 9.17) is 4.74 Å². The fourth-order valence-corrected chi connectivity index (χ4v) is 2.42.